The molecular formula is C23H29N3O4. The fraction of sp³-hybridized carbons (Fsp3) is 0.348. The van der Waals surface area contributed by atoms with E-state index in [1.165, 1.54) is 0 Å². The van der Waals surface area contributed by atoms with E-state index in [-0.39, 0.29) is 24.3 Å². The summed E-state index contributed by atoms with van der Waals surface area (Å²) in [7, 11) is 0. The molecule has 0 heterocycles. The van der Waals surface area contributed by atoms with Gasteiger partial charge in [-0.1, -0.05) is 63.6 Å². The number of carbonyl (C=O) groups is 3. The Bertz CT molecular complexity index is 855. The minimum absolute atomic E-state index is 0.0998. The minimum atomic E-state index is -0.757. The summed E-state index contributed by atoms with van der Waals surface area (Å²) in [6.45, 7) is 5.73. The molecule has 3 N–H and O–H groups in total. The molecule has 160 valence electrons. The van der Waals surface area contributed by atoms with Gasteiger partial charge in [0.1, 0.15) is 12.6 Å². The van der Waals surface area contributed by atoms with Crippen molar-refractivity contribution >= 4 is 29.3 Å². The number of amides is 3. The molecule has 3 amide bonds. The molecule has 0 aliphatic rings. The molecule has 30 heavy (non-hydrogen) atoms. The quantitative estimate of drug-likeness (QED) is 0.573. The average molecular weight is 412 g/mol. The van der Waals surface area contributed by atoms with Gasteiger partial charge in [0, 0.05) is 17.8 Å². The monoisotopic (exact) mass is 411 g/mol. The molecule has 0 spiro atoms. The molecular weight excluding hydrogens is 382 g/mol. The van der Waals surface area contributed by atoms with Crippen LogP contribution in [0.5, 0.6) is 0 Å². The molecule has 0 saturated carbocycles. The molecule has 2 rings (SSSR count). The molecule has 0 radical (unpaired) electrons. The van der Waals surface area contributed by atoms with Gasteiger partial charge < -0.3 is 20.7 Å². The van der Waals surface area contributed by atoms with Gasteiger partial charge in [-0.2, -0.15) is 0 Å². The van der Waals surface area contributed by atoms with E-state index in [1.54, 1.807) is 31.2 Å². The van der Waals surface area contributed by atoms with E-state index in [0.717, 1.165) is 5.56 Å². The Balaban J connectivity index is 2.00. The Labute approximate surface area is 177 Å². The molecule has 2 atom stereocenters. The van der Waals surface area contributed by atoms with Crippen molar-refractivity contribution in [2.75, 3.05) is 10.6 Å². The van der Waals surface area contributed by atoms with E-state index in [4.69, 9.17) is 4.74 Å². The lowest BCUT2D eigenvalue weighted by atomic mass is 9.98. The van der Waals surface area contributed by atoms with E-state index in [2.05, 4.69) is 16.0 Å². The van der Waals surface area contributed by atoms with Crippen LogP contribution in [0, 0.1) is 5.92 Å². The Kier molecular flexibility index (Phi) is 8.87. The van der Waals surface area contributed by atoms with Gasteiger partial charge in [-0.15, -0.1) is 0 Å². The van der Waals surface area contributed by atoms with E-state index in [9.17, 15) is 14.4 Å². The maximum absolute atomic E-state index is 12.8. The number of nitrogens with one attached hydrogen (secondary N) is 3. The number of hydrogen-bond acceptors (Lipinski definition) is 4. The number of hydrogen-bond donors (Lipinski definition) is 3. The first-order valence-corrected chi connectivity index (χ1v) is 10.1. The van der Waals surface area contributed by atoms with Gasteiger partial charge in [0.15, 0.2) is 0 Å². The van der Waals surface area contributed by atoms with Crippen LogP contribution in [0.3, 0.4) is 0 Å². The predicted molar refractivity (Wildman–Crippen MR) is 117 cm³/mol. The molecule has 2 aromatic carbocycles. The number of ether oxygens (including phenoxy) is 1. The summed E-state index contributed by atoms with van der Waals surface area (Å²) in [6.07, 6.45) is 0.411. The molecule has 7 nitrogen and oxygen atoms in total. The molecule has 0 aliphatic carbocycles. The molecule has 0 unspecified atom stereocenters. The Morgan fingerprint density at radius 1 is 0.933 bits per heavy atom. The summed E-state index contributed by atoms with van der Waals surface area (Å²) < 4.78 is 5.25. The highest BCUT2D eigenvalue weighted by atomic mass is 16.5. The molecule has 0 saturated heterocycles. The molecule has 7 heteroatoms. The standard InChI is InChI=1S/C23H29N3O4/c1-4-16(3)21(26-23(29)30-15-17-10-7-6-8-11-17)22(28)25-19-13-9-12-18(14-19)24-20(27)5-2/h6-14,16,21H,4-5,15H2,1-3H3,(H,24,27)(H,25,28)(H,26,29)/t16-,21-/m0/s1. The highest BCUT2D eigenvalue weighted by Crippen LogP contribution is 2.17. The number of benzene rings is 2. The fourth-order valence-electron chi connectivity index (χ4n) is 2.74. The molecule has 0 aliphatic heterocycles. The van der Waals surface area contributed by atoms with Crippen molar-refractivity contribution < 1.29 is 19.1 Å². The van der Waals surface area contributed by atoms with Crippen molar-refractivity contribution in [2.24, 2.45) is 5.92 Å². The van der Waals surface area contributed by atoms with E-state index < -0.39 is 12.1 Å². The van der Waals surface area contributed by atoms with Gasteiger partial charge in [-0.3, -0.25) is 9.59 Å². The van der Waals surface area contributed by atoms with Crippen molar-refractivity contribution in [2.45, 2.75) is 46.3 Å². The minimum Gasteiger partial charge on any atom is -0.445 e. The third kappa shape index (κ3) is 7.24. The summed E-state index contributed by atoms with van der Waals surface area (Å²) in [5.41, 5.74) is 1.99. The van der Waals surface area contributed by atoms with Crippen LogP contribution in [0.2, 0.25) is 0 Å². The lowest BCUT2D eigenvalue weighted by molar-refractivity contribution is -0.119. The van der Waals surface area contributed by atoms with Gasteiger partial charge in [-0.05, 0) is 29.7 Å². The van der Waals surface area contributed by atoms with E-state index >= 15 is 0 Å². The largest absolute Gasteiger partial charge is 0.445 e. The first-order chi connectivity index (χ1) is 14.4. The van der Waals surface area contributed by atoms with Crippen LogP contribution < -0.4 is 16.0 Å². The molecule has 0 bridgehead atoms. The fourth-order valence-corrected chi connectivity index (χ4v) is 2.74. The molecule has 0 aromatic heterocycles. The zero-order valence-electron chi connectivity index (χ0n) is 17.6. The SMILES string of the molecule is CCC(=O)Nc1cccc(NC(=O)[C@@H](NC(=O)OCc2ccccc2)[C@@H](C)CC)c1. The summed E-state index contributed by atoms with van der Waals surface area (Å²) in [5, 5.41) is 8.23. The predicted octanol–water partition coefficient (Wildman–Crippen LogP) is 4.31. The lowest BCUT2D eigenvalue weighted by Gasteiger charge is -2.23. The van der Waals surface area contributed by atoms with Crippen LogP contribution in [-0.4, -0.2) is 23.9 Å². The first-order valence-electron chi connectivity index (χ1n) is 10.1. The average Bonchev–Trinajstić information content (AvgIpc) is 2.76. The molecule has 2 aromatic rings. The molecule has 0 fully saturated rings. The third-order valence-electron chi connectivity index (χ3n) is 4.72. The first kappa shape index (κ1) is 22.9. The summed E-state index contributed by atoms with van der Waals surface area (Å²) in [4.78, 5) is 36.7. The lowest BCUT2D eigenvalue weighted by Crippen LogP contribution is -2.47. The van der Waals surface area contributed by atoms with Crippen LogP contribution in [0.4, 0.5) is 16.2 Å². The van der Waals surface area contributed by atoms with Crippen molar-refractivity contribution in [3.63, 3.8) is 0 Å². The maximum atomic E-state index is 12.8. The van der Waals surface area contributed by atoms with E-state index in [0.29, 0.717) is 24.2 Å². The number of anilines is 2. The van der Waals surface area contributed by atoms with Gasteiger partial charge in [0.2, 0.25) is 11.8 Å². The zero-order valence-corrected chi connectivity index (χ0v) is 17.6. The number of alkyl carbamates (subject to hydrolysis) is 1. The van der Waals surface area contributed by atoms with Crippen LogP contribution in [0.1, 0.15) is 39.2 Å². The zero-order chi connectivity index (χ0) is 21.9. The van der Waals surface area contributed by atoms with Crippen molar-refractivity contribution in [1.82, 2.24) is 5.32 Å². The van der Waals surface area contributed by atoms with Crippen molar-refractivity contribution in [1.29, 1.82) is 0 Å². The van der Waals surface area contributed by atoms with Gasteiger partial charge in [-0.25, -0.2) is 4.79 Å². The second kappa shape index (κ2) is 11.6. The summed E-state index contributed by atoms with van der Waals surface area (Å²) >= 11 is 0. The highest BCUT2D eigenvalue weighted by Gasteiger charge is 2.26. The van der Waals surface area contributed by atoms with Crippen LogP contribution >= 0.6 is 0 Å². The number of carbonyl (C=O) groups excluding carboxylic acids is 3. The second-order valence-electron chi connectivity index (χ2n) is 7.04. The van der Waals surface area contributed by atoms with E-state index in [1.807, 2.05) is 44.2 Å². The summed E-state index contributed by atoms with van der Waals surface area (Å²) in [6, 6.07) is 15.4. The van der Waals surface area contributed by atoms with Gasteiger partial charge in [0.25, 0.3) is 0 Å². The van der Waals surface area contributed by atoms with Gasteiger partial charge >= 0.3 is 6.09 Å². The number of rotatable bonds is 9. The third-order valence-corrected chi connectivity index (χ3v) is 4.72. The summed E-state index contributed by atoms with van der Waals surface area (Å²) in [5.74, 6) is -0.559. The Hall–Kier alpha value is -3.35. The maximum Gasteiger partial charge on any atom is 0.408 e. The topological polar surface area (TPSA) is 96.5 Å². The van der Waals surface area contributed by atoms with Crippen LogP contribution in [-0.2, 0) is 20.9 Å². The smallest absolute Gasteiger partial charge is 0.408 e. The van der Waals surface area contributed by atoms with Gasteiger partial charge in [0.05, 0.1) is 0 Å². The highest BCUT2D eigenvalue weighted by molar-refractivity contribution is 5.98. The second-order valence-corrected chi connectivity index (χ2v) is 7.04. The van der Waals surface area contributed by atoms with Crippen molar-refractivity contribution in [3.8, 4) is 0 Å². The van der Waals surface area contributed by atoms with Crippen LogP contribution in [0.15, 0.2) is 54.6 Å². The van der Waals surface area contributed by atoms with Crippen molar-refractivity contribution in [3.05, 3.63) is 60.2 Å². The Morgan fingerprint density at radius 2 is 1.60 bits per heavy atom. The normalized spacial score (nSPS) is 12.4. The Morgan fingerprint density at radius 3 is 2.23 bits per heavy atom. The van der Waals surface area contributed by atoms with Crippen LogP contribution in [0.25, 0.3) is 0 Å².